The van der Waals surface area contributed by atoms with E-state index in [1.807, 2.05) is 0 Å². The molecule has 0 amide bonds. The van der Waals surface area contributed by atoms with Gasteiger partial charge >= 0.3 is 39.5 Å². The Morgan fingerprint density at radius 3 is 0.835 bits per heavy atom. The van der Waals surface area contributed by atoms with Crippen LogP contribution in [0.3, 0.4) is 0 Å². The Hall–Kier alpha value is -1.94. The standard InChI is InChI=1S/C66H128O17P2/c1-6-10-13-16-19-22-24-26-28-30-37-42-47-52-66(71)83-62(56-77-64(69)50-45-40-35-32-31-33-38-43-48-59(5)9-4)58-81-85(74,75)79-54-60(67)53-78-84(72,73)80-57-61(55-76-63(68)49-44-39-34-21-18-15-12-8-3)82-65(70)51-46-41-36-29-27-25-23-20-17-14-11-7-2/h59-62,67H,6-58H2,1-5H3,(H,72,73)(H,74,75)/t59?,60-,61+,62+/m0/s1. The zero-order chi connectivity index (χ0) is 62.8. The summed E-state index contributed by atoms with van der Waals surface area (Å²) in [4.78, 5) is 72.3. The number of rotatable bonds is 66. The molecule has 85 heavy (non-hydrogen) atoms. The second-order valence-electron chi connectivity index (χ2n) is 24.1. The van der Waals surface area contributed by atoms with E-state index in [1.54, 1.807) is 0 Å². The molecule has 0 rings (SSSR count). The zero-order valence-electron chi connectivity index (χ0n) is 54.7. The SMILES string of the molecule is CCCCCCCCCCCCCCCC(=O)O[C@H](COC(=O)CCCCCCCCCCC(C)CC)COP(=O)(O)OC[C@@H](O)COP(=O)(O)OC[C@@H](COC(=O)CCCCCCCCCC)OC(=O)CCCCCCCCCCCCCC. The number of carbonyl (C=O) groups is 4. The zero-order valence-corrected chi connectivity index (χ0v) is 56.5. The number of aliphatic hydroxyl groups excluding tert-OH is 1. The number of unbranched alkanes of at least 4 members (excludes halogenated alkanes) is 37. The second kappa shape index (κ2) is 59.7. The number of hydrogen-bond acceptors (Lipinski definition) is 15. The third-order valence-corrected chi connectivity index (χ3v) is 17.5. The van der Waals surface area contributed by atoms with Crippen LogP contribution in [0.25, 0.3) is 0 Å². The summed E-state index contributed by atoms with van der Waals surface area (Å²) < 4.78 is 68.1. The Morgan fingerprint density at radius 1 is 0.329 bits per heavy atom. The highest BCUT2D eigenvalue weighted by Crippen LogP contribution is 2.45. The predicted octanol–water partition coefficient (Wildman–Crippen LogP) is 18.6. The molecule has 0 saturated heterocycles. The molecule has 504 valence electrons. The van der Waals surface area contributed by atoms with Gasteiger partial charge in [0.15, 0.2) is 12.2 Å². The van der Waals surface area contributed by atoms with Crippen LogP contribution in [0.1, 0.15) is 336 Å². The van der Waals surface area contributed by atoms with E-state index in [-0.39, 0.29) is 25.7 Å². The largest absolute Gasteiger partial charge is 0.472 e. The molecule has 0 radical (unpaired) electrons. The van der Waals surface area contributed by atoms with Gasteiger partial charge in [0.25, 0.3) is 0 Å². The van der Waals surface area contributed by atoms with Gasteiger partial charge in [-0.05, 0) is 31.6 Å². The number of aliphatic hydroxyl groups is 1. The van der Waals surface area contributed by atoms with Gasteiger partial charge in [-0.2, -0.15) is 0 Å². The van der Waals surface area contributed by atoms with Crippen LogP contribution in [0, 0.1) is 5.92 Å². The van der Waals surface area contributed by atoms with E-state index in [4.69, 9.17) is 37.0 Å². The van der Waals surface area contributed by atoms with Gasteiger partial charge in [-0.3, -0.25) is 37.3 Å². The number of carbonyl (C=O) groups excluding carboxylic acids is 4. The fraction of sp³-hybridized carbons (Fsp3) is 0.939. The molecule has 0 saturated carbocycles. The molecule has 17 nitrogen and oxygen atoms in total. The third-order valence-electron chi connectivity index (χ3n) is 15.6. The van der Waals surface area contributed by atoms with Crippen LogP contribution < -0.4 is 0 Å². The molecule has 0 fully saturated rings. The van der Waals surface area contributed by atoms with Crippen LogP contribution in [-0.4, -0.2) is 96.7 Å². The lowest BCUT2D eigenvalue weighted by atomic mass is 9.99. The van der Waals surface area contributed by atoms with Crippen molar-refractivity contribution in [2.24, 2.45) is 5.92 Å². The molecular weight excluding hydrogens is 1130 g/mol. The summed E-state index contributed by atoms with van der Waals surface area (Å²) in [6.07, 6.45) is 44.3. The van der Waals surface area contributed by atoms with Gasteiger partial charge in [-0.1, -0.05) is 285 Å². The fourth-order valence-electron chi connectivity index (χ4n) is 9.90. The van der Waals surface area contributed by atoms with Gasteiger partial charge < -0.3 is 33.8 Å². The van der Waals surface area contributed by atoms with Gasteiger partial charge in [-0.25, -0.2) is 9.13 Å². The van der Waals surface area contributed by atoms with Crippen LogP contribution in [0.2, 0.25) is 0 Å². The van der Waals surface area contributed by atoms with Gasteiger partial charge in [-0.15, -0.1) is 0 Å². The number of esters is 4. The van der Waals surface area contributed by atoms with E-state index < -0.39 is 97.5 Å². The van der Waals surface area contributed by atoms with E-state index >= 15 is 0 Å². The minimum atomic E-state index is -4.95. The number of ether oxygens (including phenoxy) is 4. The maximum atomic E-state index is 13.0. The van der Waals surface area contributed by atoms with Crippen molar-refractivity contribution in [2.45, 2.75) is 355 Å². The normalized spacial score (nSPS) is 14.5. The molecular formula is C66H128O17P2. The van der Waals surface area contributed by atoms with Crippen LogP contribution in [0.4, 0.5) is 0 Å². The van der Waals surface area contributed by atoms with Crippen LogP contribution in [-0.2, 0) is 65.4 Å². The lowest BCUT2D eigenvalue weighted by Gasteiger charge is -2.21. The molecule has 0 aliphatic heterocycles. The molecule has 3 unspecified atom stereocenters. The first-order chi connectivity index (χ1) is 41.1. The molecule has 0 aliphatic carbocycles. The topological polar surface area (TPSA) is 237 Å². The molecule has 0 aliphatic rings. The third kappa shape index (κ3) is 59.5. The molecule has 6 atom stereocenters. The molecule has 0 aromatic heterocycles. The van der Waals surface area contributed by atoms with Crippen LogP contribution >= 0.6 is 15.6 Å². The minimum Gasteiger partial charge on any atom is -0.462 e. The first kappa shape index (κ1) is 83.1. The Labute approximate surface area is 517 Å². The van der Waals surface area contributed by atoms with Gasteiger partial charge in [0, 0.05) is 25.7 Å². The van der Waals surface area contributed by atoms with E-state index in [0.717, 1.165) is 102 Å². The fourth-order valence-corrected chi connectivity index (χ4v) is 11.5. The minimum absolute atomic E-state index is 0.107. The van der Waals surface area contributed by atoms with Crippen molar-refractivity contribution in [1.82, 2.24) is 0 Å². The van der Waals surface area contributed by atoms with Crippen LogP contribution in [0.5, 0.6) is 0 Å². The van der Waals surface area contributed by atoms with Crippen molar-refractivity contribution in [3.05, 3.63) is 0 Å². The Morgan fingerprint density at radius 2 is 0.565 bits per heavy atom. The first-order valence-electron chi connectivity index (χ1n) is 34.7. The summed E-state index contributed by atoms with van der Waals surface area (Å²) in [6, 6.07) is 0. The van der Waals surface area contributed by atoms with Crippen molar-refractivity contribution >= 4 is 39.5 Å². The number of hydrogen-bond donors (Lipinski definition) is 3. The summed E-state index contributed by atoms with van der Waals surface area (Å²) in [5.41, 5.74) is 0. The van der Waals surface area contributed by atoms with E-state index in [2.05, 4.69) is 34.6 Å². The molecule has 0 bridgehead atoms. The monoisotopic (exact) mass is 1250 g/mol. The Kier molecular flexibility index (Phi) is 58.3. The van der Waals surface area contributed by atoms with Crippen molar-refractivity contribution in [3.63, 3.8) is 0 Å². The molecule has 19 heteroatoms. The van der Waals surface area contributed by atoms with Crippen molar-refractivity contribution in [3.8, 4) is 0 Å². The van der Waals surface area contributed by atoms with E-state index in [9.17, 15) is 43.2 Å². The Bertz CT molecular complexity index is 1650. The number of phosphoric acid groups is 2. The molecule has 3 N–H and O–H groups in total. The lowest BCUT2D eigenvalue weighted by Crippen LogP contribution is -2.30. The van der Waals surface area contributed by atoms with Crippen LogP contribution in [0.15, 0.2) is 0 Å². The molecule has 0 aromatic carbocycles. The van der Waals surface area contributed by atoms with Gasteiger partial charge in [0.2, 0.25) is 0 Å². The highest BCUT2D eigenvalue weighted by Gasteiger charge is 2.30. The highest BCUT2D eigenvalue weighted by molar-refractivity contribution is 7.47. The molecule has 0 aromatic rings. The second-order valence-corrected chi connectivity index (χ2v) is 27.0. The quantitative estimate of drug-likeness (QED) is 0.0222. The maximum Gasteiger partial charge on any atom is 0.472 e. The highest BCUT2D eigenvalue weighted by atomic mass is 31.2. The summed E-state index contributed by atoms with van der Waals surface area (Å²) in [5.74, 6) is -1.35. The Balaban J connectivity index is 5.23. The van der Waals surface area contributed by atoms with Crippen molar-refractivity contribution < 1.29 is 80.2 Å². The maximum absolute atomic E-state index is 13.0. The van der Waals surface area contributed by atoms with E-state index in [0.29, 0.717) is 25.7 Å². The summed E-state index contributed by atoms with van der Waals surface area (Å²) >= 11 is 0. The average Bonchev–Trinajstić information content (AvgIpc) is 3.49. The van der Waals surface area contributed by atoms with Crippen molar-refractivity contribution in [1.29, 1.82) is 0 Å². The average molecular weight is 1260 g/mol. The van der Waals surface area contributed by atoms with Crippen molar-refractivity contribution in [2.75, 3.05) is 39.6 Å². The summed E-state index contributed by atoms with van der Waals surface area (Å²) in [5, 5.41) is 10.5. The summed E-state index contributed by atoms with van der Waals surface area (Å²) in [7, 11) is -9.89. The van der Waals surface area contributed by atoms with Gasteiger partial charge in [0.1, 0.15) is 19.3 Å². The summed E-state index contributed by atoms with van der Waals surface area (Å²) in [6.45, 7) is 7.20. The predicted molar refractivity (Wildman–Crippen MR) is 340 cm³/mol. The number of phosphoric ester groups is 2. The molecule has 0 spiro atoms. The van der Waals surface area contributed by atoms with Gasteiger partial charge in [0.05, 0.1) is 26.4 Å². The lowest BCUT2D eigenvalue weighted by molar-refractivity contribution is -0.161. The first-order valence-corrected chi connectivity index (χ1v) is 37.7. The van der Waals surface area contributed by atoms with E-state index in [1.165, 1.54) is 154 Å². The molecule has 0 heterocycles. The smallest absolute Gasteiger partial charge is 0.462 e.